The number of piperidine rings is 1. The SMILES string of the molecule is CC1CCN(C(=O)CCc2nc3c(s2)CCCC3)CC1. The van der Waals surface area contributed by atoms with Gasteiger partial charge in [0.05, 0.1) is 10.7 Å². The molecule has 0 unspecified atom stereocenters. The quantitative estimate of drug-likeness (QED) is 0.857. The number of aryl methyl sites for hydroxylation is 3. The third-order valence-electron chi connectivity index (χ3n) is 4.58. The van der Waals surface area contributed by atoms with Crippen molar-refractivity contribution in [3.63, 3.8) is 0 Å². The largest absolute Gasteiger partial charge is 0.343 e. The number of hydrogen-bond acceptors (Lipinski definition) is 3. The van der Waals surface area contributed by atoms with E-state index in [9.17, 15) is 4.79 Å². The molecule has 2 heterocycles. The second-order valence-electron chi connectivity index (χ2n) is 6.25. The first kappa shape index (κ1) is 14.1. The lowest BCUT2D eigenvalue weighted by Gasteiger charge is -2.30. The van der Waals surface area contributed by atoms with Crippen LogP contribution in [-0.4, -0.2) is 28.9 Å². The van der Waals surface area contributed by atoms with Crippen molar-refractivity contribution in [2.75, 3.05) is 13.1 Å². The first-order valence-electron chi connectivity index (χ1n) is 7.97. The van der Waals surface area contributed by atoms with Gasteiger partial charge in [0.25, 0.3) is 0 Å². The average molecular weight is 292 g/mol. The number of aromatic nitrogens is 1. The molecule has 0 spiro atoms. The standard InChI is InChI=1S/C16H24N2OS/c1-12-8-10-18(11-9-12)16(19)7-6-15-17-13-4-2-3-5-14(13)20-15/h12H,2-11H2,1H3. The van der Waals surface area contributed by atoms with Gasteiger partial charge in [-0.05, 0) is 44.4 Å². The van der Waals surface area contributed by atoms with Crippen LogP contribution in [0.5, 0.6) is 0 Å². The molecular weight excluding hydrogens is 268 g/mol. The molecule has 3 rings (SSSR count). The number of thiazole rings is 1. The summed E-state index contributed by atoms with van der Waals surface area (Å²) in [5, 5.41) is 1.18. The minimum atomic E-state index is 0.324. The van der Waals surface area contributed by atoms with Gasteiger partial charge in [-0.2, -0.15) is 0 Å². The van der Waals surface area contributed by atoms with Gasteiger partial charge in [0.1, 0.15) is 0 Å². The van der Waals surface area contributed by atoms with Gasteiger partial charge in [0.2, 0.25) is 5.91 Å². The van der Waals surface area contributed by atoms with E-state index < -0.39 is 0 Å². The van der Waals surface area contributed by atoms with E-state index in [0.29, 0.717) is 12.3 Å². The first-order valence-corrected chi connectivity index (χ1v) is 8.79. The summed E-state index contributed by atoms with van der Waals surface area (Å²) in [5.74, 6) is 1.11. The van der Waals surface area contributed by atoms with Gasteiger partial charge in [-0.15, -0.1) is 11.3 Å². The molecule has 0 saturated carbocycles. The topological polar surface area (TPSA) is 33.2 Å². The molecule has 2 aliphatic rings. The smallest absolute Gasteiger partial charge is 0.222 e. The first-order chi connectivity index (χ1) is 9.72. The Morgan fingerprint density at radius 3 is 2.80 bits per heavy atom. The third-order valence-corrected chi connectivity index (χ3v) is 5.80. The van der Waals surface area contributed by atoms with Crippen LogP contribution in [0.4, 0.5) is 0 Å². The van der Waals surface area contributed by atoms with Crippen LogP contribution in [0.25, 0.3) is 0 Å². The van der Waals surface area contributed by atoms with Crippen LogP contribution in [0.2, 0.25) is 0 Å². The number of rotatable bonds is 3. The number of amides is 1. The van der Waals surface area contributed by atoms with Crippen LogP contribution in [-0.2, 0) is 24.1 Å². The van der Waals surface area contributed by atoms with Crippen molar-refractivity contribution in [1.29, 1.82) is 0 Å². The maximum atomic E-state index is 12.2. The molecule has 0 bridgehead atoms. The zero-order chi connectivity index (χ0) is 13.9. The van der Waals surface area contributed by atoms with Crippen molar-refractivity contribution in [2.45, 2.75) is 58.3 Å². The summed E-state index contributed by atoms with van der Waals surface area (Å²) in [4.78, 5) is 20.5. The van der Waals surface area contributed by atoms with E-state index in [0.717, 1.165) is 44.7 Å². The van der Waals surface area contributed by atoms with Gasteiger partial charge in [-0.25, -0.2) is 4.98 Å². The van der Waals surface area contributed by atoms with Crippen molar-refractivity contribution in [2.24, 2.45) is 5.92 Å². The van der Waals surface area contributed by atoms with Crippen LogP contribution in [0, 0.1) is 5.92 Å². The van der Waals surface area contributed by atoms with Gasteiger partial charge in [-0.1, -0.05) is 6.92 Å². The lowest BCUT2D eigenvalue weighted by atomic mass is 9.99. The molecule has 0 N–H and O–H groups in total. The maximum absolute atomic E-state index is 12.2. The van der Waals surface area contributed by atoms with Crippen molar-refractivity contribution in [3.05, 3.63) is 15.6 Å². The molecule has 1 fully saturated rings. The van der Waals surface area contributed by atoms with E-state index in [2.05, 4.69) is 6.92 Å². The molecule has 4 heteroatoms. The average Bonchev–Trinajstić information content (AvgIpc) is 2.88. The number of fused-ring (bicyclic) bond motifs is 1. The molecule has 20 heavy (non-hydrogen) atoms. The molecule has 0 aromatic carbocycles. The Morgan fingerprint density at radius 2 is 2.05 bits per heavy atom. The number of likely N-dealkylation sites (tertiary alicyclic amines) is 1. The molecule has 1 saturated heterocycles. The highest BCUT2D eigenvalue weighted by atomic mass is 32.1. The van der Waals surface area contributed by atoms with Gasteiger partial charge in [-0.3, -0.25) is 4.79 Å². The minimum Gasteiger partial charge on any atom is -0.343 e. The Balaban J connectivity index is 1.51. The van der Waals surface area contributed by atoms with Gasteiger partial charge in [0, 0.05) is 30.8 Å². The summed E-state index contributed by atoms with van der Waals surface area (Å²) in [6, 6.07) is 0. The second-order valence-corrected chi connectivity index (χ2v) is 7.42. The Bertz CT molecular complexity index is 451. The van der Waals surface area contributed by atoms with E-state index in [1.54, 1.807) is 0 Å². The lowest BCUT2D eigenvalue weighted by molar-refractivity contribution is -0.132. The van der Waals surface area contributed by atoms with E-state index >= 15 is 0 Å². The predicted molar refractivity (Wildman–Crippen MR) is 82.1 cm³/mol. The summed E-state index contributed by atoms with van der Waals surface area (Å²) in [5.41, 5.74) is 1.32. The summed E-state index contributed by atoms with van der Waals surface area (Å²) in [6.45, 7) is 4.19. The predicted octanol–water partition coefficient (Wildman–Crippen LogP) is 3.21. The summed E-state index contributed by atoms with van der Waals surface area (Å²) >= 11 is 1.84. The van der Waals surface area contributed by atoms with Crippen LogP contribution in [0.1, 0.15) is 54.6 Å². The molecule has 110 valence electrons. The molecule has 1 aromatic heterocycles. The fraction of sp³-hybridized carbons (Fsp3) is 0.750. The molecule has 0 atom stereocenters. The monoisotopic (exact) mass is 292 g/mol. The highest BCUT2D eigenvalue weighted by Crippen LogP contribution is 2.27. The number of hydrogen-bond donors (Lipinski definition) is 0. The minimum absolute atomic E-state index is 0.324. The Kier molecular flexibility index (Phi) is 4.39. The number of carbonyl (C=O) groups excluding carboxylic acids is 1. The van der Waals surface area contributed by atoms with E-state index in [-0.39, 0.29) is 0 Å². The fourth-order valence-electron chi connectivity index (χ4n) is 3.14. The third kappa shape index (κ3) is 3.22. The van der Waals surface area contributed by atoms with E-state index in [1.807, 2.05) is 16.2 Å². The summed E-state index contributed by atoms with van der Waals surface area (Å²) in [7, 11) is 0. The molecule has 0 radical (unpaired) electrons. The van der Waals surface area contributed by atoms with Crippen LogP contribution in [0.3, 0.4) is 0 Å². The molecule has 1 aliphatic heterocycles. The van der Waals surface area contributed by atoms with E-state index in [4.69, 9.17) is 4.98 Å². The zero-order valence-corrected chi connectivity index (χ0v) is 13.2. The summed E-state index contributed by atoms with van der Waals surface area (Å²) in [6.07, 6.45) is 8.73. The van der Waals surface area contributed by atoms with Crippen molar-refractivity contribution in [1.82, 2.24) is 9.88 Å². The Labute approximate surface area is 125 Å². The van der Waals surface area contributed by atoms with Crippen LogP contribution < -0.4 is 0 Å². The van der Waals surface area contributed by atoms with E-state index in [1.165, 1.54) is 34.8 Å². The number of carbonyl (C=O) groups is 1. The highest BCUT2D eigenvalue weighted by Gasteiger charge is 2.21. The fourth-order valence-corrected chi connectivity index (χ4v) is 4.30. The zero-order valence-electron chi connectivity index (χ0n) is 12.4. The molecule has 1 aromatic rings. The Hall–Kier alpha value is -0.900. The van der Waals surface area contributed by atoms with Crippen molar-refractivity contribution >= 4 is 17.2 Å². The van der Waals surface area contributed by atoms with Gasteiger partial charge >= 0.3 is 0 Å². The lowest BCUT2D eigenvalue weighted by Crippen LogP contribution is -2.37. The highest BCUT2D eigenvalue weighted by molar-refractivity contribution is 7.11. The molecule has 3 nitrogen and oxygen atoms in total. The molecule has 1 aliphatic carbocycles. The normalized spacial score (nSPS) is 19.9. The van der Waals surface area contributed by atoms with Gasteiger partial charge in [0.15, 0.2) is 0 Å². The second kappa shape index (κ2) is 6.25. The van der Waals surface area contributed by atoms with Crippen molar-refractivity contribution in [3.8, 4) is 0 Å². The maximum Gasteiger partial charge on any atom is 0.222 e. The summed E-state index contributed by atoms with van der Waals surface area (Å²) < 4.78 is 0. The Morgan fingerprint density at radius 1 is 1.30 bits per heavy atom. The van der Waals surface area contributed by atoms with Crippen molar-refractivity contribution < 1.29 is 4.79 Å². The van der Waals surface area contributed by atoms with Gasteiger partial charge < -0.3 is 4.90 Å². The van der Waals surface area contributed by atoms with Crippen LogP contribution in [0.15, 0.2) is 0 Å². The van der Waals surface area contributed by atoms with Crippen LogP contribution >= 0.6 is 11.3 Å². The number of nitrogens with zero attached hydrogens (tertiary/aromatic N) is 2. The molecular formula is C16H24N2OS. The molecule has 1 amide bonds.